The molecule has 0 atom stereocenters. The summed E-state index contributed by atoms with van der Waals surface area (Å²) < 4.78 is 60.6. The summed E-state index contributed by atoms with van der Waals surface area (Å²) in [6, 6.07) is 12.2. The number of aromatic carboxylic acids is 1. The average molecular weight is 609 g/mol. The Morgan fingerprint density at radius 2 is 1.56 bits per heavy atom. The topological polar surface area (TPSA) is 182 Å². The molecule has 0 saturated heterocycles. The number of hydrazone groups is 1. The van der Waals surface area contributed by atoms with Gasteiger partial charge in [-0.2, -0.15) is 18.5 Å². The molecule has 0 aliphatic carbocycles. The van der Waals surface area contributed by atoms with Crippen LogP contribution in [0.3, 0.4) is 0 Å². The van der Waals surface area contributed by atoms with Crippen molar-refractivity contribution in [2.75, 3.05) is 24.0 Å². The maximum absolute atomic E-state index is 13.6. The number of carboxylic acids is 1. The quantitative estimate of drug-likeness (QED) is 0.188. The SMILES string of the molecule is CC1=NN(c2cc(S(=O)(=O)O)ccc2S(=O)(=O)c2ccc(O)c(C(=O)O)c2)C(=O)/C1=C\c1ccc(N(C)C)cc1.[Na+]. The van der Waals surface area contributed by atoms with E-state index in [9.17, 15) is 41.2 Å². The van der Waals surface area contributed by atoms with E-state index in [-0.39, 0.29) is 40.8 Å². The first-order chi connectivity index (χ1) is 18.6. The van der Waals surface area contributed by atoms with Gasteiger partial charge in [-0.1, -0.05) is 12.1 Å². The molecule has 0 radical (unpaired) electrons. The number of anilines is 2. The average Bonchev–Trinajstić information content (AvgIpc) is 3.16. The molecule has 0 fully saturated rings. The van der Waals surface area contributed by atoms with Crippen molar-refractivity contribution < 1.29 is 70.7 Å². The fourth-order valence-electron chi connectivity index (χ4n) is 3.91. The van der Waals surface area contributed by atoms with Crippen LogP contribution in [0.5, 0.6) is 5.75 Å². The molecular weight excluding hydrogens is 585 g/mol. The predicted molar refractivity (Wildman–Crippen MR) is 146 cm³/mol. The third-order valence-electron chi connectivity index (χ3n) is 6.04. The number of carboxylic acid groups (broad SMARTS) is 1. The third-order valence-corrected chi connectivity index (χ3v) is 8.69. The Kier molecular flexibility index (Phi) is 9.17. The second kappa shape index (κ2) is 11.8. The van der Waals surface area contributed by atoms with Crippen LogP contribution in [0, 0.1) is 0 Å². The van der Waals surface area contributed by atoms with Crippen LogP contribution >= 0.6 is 0 Å². The Hall–Kier alpha value is -3.53. The first kappa shape index (κ1) is 32.0. The minimum absolute atomic E-state index is 0. The van der Waals surface area contributed by atoms with Gasteiger partial charge in [0.2, 0.25) is 9.84 Å². The van der Waals surface area contributed by atoms with Gasteiger partial charge in [0.15, 0.2) is 0 Å². The minimum atomic E-state index is -4.82. The molecule has 41 heavy (non-hydrogen) atoms. The molecule has 0 unspecified atom stereocenters. The van der Waals surface area contributed by atoms with Crippen LogP contribution in [-0.2, 0) is 24.7 Å². The van der Waals surface area contributed by atoms with Crippen molar-refractivity contribution in [2.24, 2.45) is 5.10 Å². The summed E-state index contributed by atoms with van der Waals surface area (Å²) in [6.45, 7) is 1.51. The number of amides is 1. The van der Waals surface area contributed by atoms with Crippen LogP contribution in [0.1, 0.15) is 22.8 Å². The van der Waals surface area contributed by atoms with Crippen LogP contribution in [0.2, 0.25) is 0 Å². The number of carbonyl (C=O) groups excluding carboxylic acids is 1. The smallest absolute Gasteiger partial charge is 0.507 e. The van der Waals surface area contributed by atoms with Crippen LogP contribution in [0.25, 0.3) is 6.08 Å². The molecule has 0 spiro atoms. The molecule has 4 rings (SSSR count). The molecule has 1 aliphatic rings. The zero-order valence-corrected chi connectivity index (χ0v) is 25.9. The summed E-state index contributed by atoms with van der Waals surface area (Å²) in [5, 5.41) is 24.0. The van der Waals surface area contributed by atoms with Gasteiger partial charge in [-0.25, -0.2) is 13.2 Å². The van der Waals surface area contributed by atoms with Crippen molar-refractivity contribution in [2.45, 2.75) is 21.6 Å². The van der Waals surface area contributed by atoms with Gasteiger partial charge in [0.05, 0.1) is 31.7 Å². The standard InChI is InChI=1S/C26H23N3O9S2.Na/c1-15-20(12-16-4-6-17(7-5-16)28(2)3)25(31)29(27-15)22-14-19(40(36,37)38)9-11-24(22)39(34,35)18-8-10-23(30)21(13-18)26(32)33;/h4-14,30H,1-3H3,(H,32,33)(H,36,37,38);/q;+1/b20-12-;. The predicted octanol–water partition coefficient (Wildman–Crippen LogP) is 0.0460. The zero-order chi connectivity index (χ0) is 29.6. The van der Waals surface area contributed by atoms with E-state index in [4.69, 9.17) is 0 Å². The van der Waals surface area contributed by atoms with E-state index in [1.165, 1.54) is 6.92 Å². The third kappa shape index (κ3) is 6.37. The van der Waals surface area contributed by atoms with Gasteiger partial charge in [-0.05, 0) is 67.1 Å². The largest absolute Gasteiger partial charge is 1.00 e. The van der Waals surface area contributed by atoms with E-state index >= 15 is 0 Å². The van der Waals surface area contributed by atoms with Gasteiger partial charge in [0.25, 0.3) is 16.0 Å². The van der Waals surface area contributed by atoms with Crippen molar-refractivity contribution >= 4 is 55.0 Å². The Balaban J connectivity index is 0.00000462. The molecule has 12 nitrogen and oxygen atoms in total. The van der Waals surface area contributed by atoms with Crippen molar-refractivity contribution in [1.82, 2.24) is 0 Å². The molecule has 3 aromatic rings. The van der Waals surface area contributed by atoms with Gasteiger partial charge in [-0.3, -0.25) is 9.35 Å². The first-order valence-electron chi connectivity index (χ1n) is 11.4. The molecule has 3 N–H and O–H groups in total. The molecule has 1 heterocycles. The normalized spacial score (nSPS) is 14.5. The number of aromatic hydroxyl groups is 1. The second-order valence-electron chi connectivity index (χ2n) is 8.94. The second-order valence-corrected chi connectivity index (χ2v) is 12.3. The monoisotopic (exact) mass is 608 g/mol. The van der Waals surface area contributed by atoms with Crippen LogP contribution in [-0.4, -0.2) is 63.3 Å². The fourth-order valence-corrected chi connectivity index (χ4v) is 5.86. The number of rotatable bonds is 7. The van der Waals surface area contributed by atoms with E-state index in [1.807, 2.05) is 31.1 Å². The van der Waals surface area contributed by atoms with E-state index in [2.05, 4.69) is 5.10 Å². The maximum atomic E-state index is 13.6. The van der Waals surface area contributed by atoms with E-state index in [0.717, 1.165) is 42.1 Å². The molecule has 0 bridgehead atoms. The Bertz CT molecular complexity index is 1830. The number of sulfone groups is 1. The number of hydrogen-bond donors (Lipinski definition) is 3. The first-order valence-corrected chi connectivity index (χ1v) is 14.4. The number of nitrogens with zero attached hydrogens (tertiary/aromatic N) is 3. The van der Waals surface area contributed by atoms with Crippen molar-refractivity contribution in [3.05, 3.63) is 77.4 Å². The van der Waals surface area contributed by atoms with E-state index in [1.54, 1.807) is 18.2 Å². The van der Waals surface area contributed by atoms with Gasteiger partial charge in [0.1, 0.15) is 11.3 Å². The van der Waals surface area contributed by atoms with Crippen LogP contribution in [0.15, 0.2) is 86.0 Å². The summed E-state index contributed by atoms with van der Waals surface area (Å²) >= 11 is 0. The molecule has 1 amide bonds. The Labute approximate surface area is 258 Å². The van der Waals surface area contributed by atoms with Crippen molar-refractivity contribution in [1.29, 1.82) is 0 Å². The number of phenols is 1. The van der Waals surface area contributed by atoms with Gasteiger partial charge >= 0.3 is 35.5 Å². The van der Waals surface area contributed by atoms with Crippen molar-refractivity contribution in [3.8, 4) is 5.75 Å². The minimum Gasteiger partial charge on any atom is -0.507 e. The summed E-state index contributed by atoms with van der Waals surface area (Å²) in [7, 11) is -5.69. The van der Waals surface area contributed by atoms with Gasteiger partial charge < -0.3 is 15.1 Å². The molecule has 1 aliphatic heterocycles. The Morgan fingerprint density at radius 1 is 0.951 bits per heavy atom. The molecule has 208 valence electrons. The van der Waals surface area contributed by atoms with E-state index < -0.39 is 63.5 Å². The molecular formula is C26H23N3NaO9S2+. The number of benzene rings is 3. The summed E-state index contributed by atoms with van der Waals surface area (Å²) in [4.78, 5) is 25.0. The zero-order valence-electron chi connectivity index (χ0n) is 22.3. The fraction of sp³-hybridized carbons (Fsp3) is 0.115. The number of carbonyl (C=O) groups is 2. The number of hydrogen-bond acceptors (Lipinski definition) is 9. The van der Waals surface area contributed by atoms with Crippen LogP contribution < -0.4 is 39.5 Å². The summed E-state index contributed by atoms with van der Waals surface area (Å²) in [5.74, 6) is -3.02. The van der Waals surface area contributed by atoms with Gasteiger partial charge in [0, 0.05) is 19.8 Å². The van der Waals surface area contributed by atoms with Gasteiger partial charge in [-0.15, -0.1) is 0 Å². The maximum Gasteiger partial charge on any atom is 1.00 e. The Morgan fingerprint density at radius 3 is 2.12 bits per heavy atom. The molecule has 3 aromatic carbocycles. The molecule has 0 saturated carbocycles. The summed E-state index contributed by atoms with van der Waals surface area (Å²) in [5.41, 5.74) is 0.708. The van der Waals surface area contributed by atoms with E-state index in [0.29, 0.717) is 10.6 Å². The van der Waals surface area contributed by atoms with Crippen LogP contribution in [0.4, 0.5) is 11.4 Å². The van der Waals surface area contributed by atoms with Crippen molar-refractivity contribution in [3.63, 3.8) is 0 Å². The summed E-state index contributed by atoms with van der Waals surface area (Å²) in [6.07, 6.45) is 1.54. The molecule has 15 heteroatoms. The molecule has 0 aromatic heterocycles.